The van der Waals surface area contributed by atoms with E-state index in [2.05, 4.69) is 15.5 Å². The number of rotatable bonds is 6. The number of aryl methyl sites for hydroxylation is 1. The van der Waals surface area contributed by atoms with Crippen molar-refractivity contribution in [1.82, 2.24) is 15.5 Å². The number of hydrogen-bond donors (Lipinski definition) is 2. The standard InChI is InChI=1S/C14H15Cl2N3O2/c1-9-10(8-18-19-9)7-17-14(20)4-5-21-11-2-3-12(15)13(16)6-11/h2-3,6,8H,4-5,7H2,1H3,(H,17,20)(H,18,19). The van der Waals surface area contributed by atoms with Crippen LogP contribution in [0.2, 0.25) is 10.0 Å². The van der Waals surface area contributed by atoms with Crippen LogP contribution in [-0.2, 0) is 11.3 Å². The van der Waals surface area contributed by atoms with Gasteiger partial charge in [-0.15, -0.1) is 0 Å². The van der Waals surface area contributed by atoms with Crippen molar-refractivity contribution >= 4 is 29.1 Å². The first-order chi connectivity index (χ1) is 10.1. The molecule has 2 aromatic rings. The van der Waals surface area contributed by atoms with Gasteiger partial charge in [0.1, 0.15) is 5.75 Å². The van der Waals surface area contributed by atoms with Gasteiger partial charge in [0.15, 0.2) is 0 Å². The lowest BCUT2D eigenvalue weighted by Crippen LogP contribution is -2.24. The fourth-order valence-corrected chi connectivity index (χ4v) is 1.95. The molecule has 0 aliphatic heterocycles. The number of ether oxygens (including phenoxy) is 1. The summed E-state index contributed by atoms with van der Waals surface area (Å²) in [4.78, 5) is 11.7. The Balaban J connectivity index is 1.71. The lowest BCUT2D eigenvalue weighted by molar-refractivity contribution is -0.121. The van der Waals surface area contributed by atoms with Crippen molar-refractivity contribution in [2.45, 2.75) is 19.9 Å². The molecule has 0 bridgehead atoms. The van der Waals surface area contributed by atoms with Crippen LogP contribution in [0.15, 0.2) is 24.4 Å². The Hall–Kier alpha value is -1.72. The van der Waals surface area contributed by atoms with Crippen molar-refractivity contribution in [2.24, 2.45) is 0 Å². The van der Waals surface area contributed by atoms with E-state index in [1.165, 1.54) is 0 Å². The number of carbonyl (C=O) groups excluding carboxylic acids is 1. The van der Waals surface area contributed by atoms with Crippen molar-refractivity contribution in [2.75, 3.05) is 6.61 Å². The molecule has 0 aliphatic carbocycles. The second-order valence-electron chi connectivity index (χ2n) is 4.47. The SMILES string of the molecule is Cc1[nH]ncc1CNC(=O)CCOc1ccc(Cl)c(Cl)c1. The highest BCUT2D eigenvalue weighted by atomic mass is 35.5. The number of nitrogens with zero attached hydrogens (tertiary/aromatic N) is 1. The number of H-pyrrole nitrogens is 1. The van der Waals surface area contributed by atoms with Crippen LogP contribution >= 0.6 is 23.2 Å². The average Bonchev–Trinajstić information content (AvgIpc) is 2.86. The Morgan fingerprint density at radius 3 is 2.86 bits per heavy atom. The Bertz CT molecular complexity index is 628. The summed E-state index contributed by atoms with van der Waals surface area (Å²) in [5.74, 6) is 0.499. The van der Waals surface area contributed by atoms with Crippen molar-refractivity contribution < 1.29 is 9.53 Å². The first kappa shape index (κ1) is 15.7. The van der Waals surface area contributed by atoms with Gasteiger partial charge in [0.25, 0.3) is 0 Å². The van der Waals surface area contributed by atoms with Gasteiger partial charge in [0, 0.05) is 23.9 Å². The van der Waals surface area contributed by atoms with Gasteiger partial charge in [-0.2, -0.15) is 5.10 Å². The van der Waals surface area contributed by atoms with Crippen molar-refractivity contribution in [3.8, 4) is 5.75 Å². The zero-order valence-electron chi connectivity index (χ0n) is 11.5. The van der Waals surface area contributed by atoms with Crippen LogP contribution in [-0.4, -0.2) is 22.7 Å². The topological polar surface area (TPSA) is 67.0 Å². The molecule has 7 heteroatoms. The molecule has 1 aromatic carbocycles. The van der Waals surface area contributed by atoms with E-state index in [1.807, 2.05) is 6.92 Å². The Kier molecular flexibility index (Phi) is 5.47. The summed E-state index contributed by atoms with van der Waals surface area (Å²) < 4.78 is 5.45. The number of aromatic amines is 1. The molecule has 2 N–H and O–H groups in total. The summed E-state index contributed by atoms with van der Waals surface area (Å²) in [6.45, 7) is 2.63. The summed E-state index contributed by atoms with van der Waals surface area (Å²) in [5.41, 5.74) is 1.91. The lowest BCUT2D eigenvalue weighted by atomic mass is 10.2. The number of carbonyl (C=O) groups is 1. The number of nitrogens with one attached hydrogen (secondary N) is 2. The third-order valence-corrected chi connectivity index (χ3v) is 3.64. The first-order valence-corrected chi connectivity index (χ1v) is 7.15. The van der Waals surface area contributed by atoms with Crippen LogP contribution in [0.4, 0.5) is 0 Å². The van der Waals surface area contributed by atoms with Gasteiger partial charge in [0.2, 0.25) is 5.91 Å². The minimum absolute atomic E-state index is 0.0874. The van der Waals surface area contributed by atoms with Crippen LogP contribution in [0.25, 0.3) is 0 Å². The van der Waals surface area contributed by atoms with E-state index in [9.17, 15) is 4.79 Å². The Labute approximate surface area is 132 Å². The molecule has 112 valence electrons. The van der Waals surface area contributed by atoms with Crippen LogP contribution in [0.5, 0.6) is 5.75 Å². The van der Waals surface area contributed by atoms with Crippen LogP contribution < -0.4 is 10.1 Å². The minimum atomic E-state index is -0.0874. The molecule has 0 aliphatic rings. The van der Waals surface area contributed by atoms with E-state index in [0.29, 0.717) is 22.3 Å². The summed E-state index contributed by atoms with van der Waals surface area (Å²) in [6, 6.07) is 4.98. The molecule has 21 heavy (non-hydrogen) atoms. The van der Waals surface area contributed by atoms with Crippen LogP contribution in [0, 0.1) is 6.92 Å². The van der Waals surface area contributed by atoms with Crippen LogP contribution in [0.3, 0.4) is 0 Å². The number of aromatic nitrogens is 2. The summed E-state index contributed by atoms with van der Waals surface area (Å²) >= 11 is 11.7. The molecule has 0 fully saturated rings. The number of amides is 1. The van der Waals surface area contributed by atoms with Gasteiger partial charge in [-0.1, -0.05) is 23.2 Å². The average molecular weight is 328 g/mol. The molecule has 0 spiro atoms. The molecule has 0 unspecified atom stereocenters. The van der Waals surface area contributed by atoms with Crippen molar-refractivity contribution in [3.05, 3.63) is 45.7 Å². The quantitative estimate of drug-likeness (QED) is 0.856. The predicted molar refractivity (Wildman–Crippen MR) is 81.7 cm³/mol. The van der Waals surface area contributed by atoms with E-state index in [4.69, 9.17) is 27.9 Å². The number of benzene rings is 1. The normalized spacial score (nSPS) is 10.4. The van der Waals surface area contributed by atoms with E-state index < -0.39 is 0 Å². The molecule has 0 saturated heterocycles. The molecule has 0 radical (unpaired) electrons. The molecule has 0 atom stereocenters. The zero-order chi connectivity index (χ0) is 15.2. The van der Waals surface area contributed by atoms with Gasteiger partial charge < -0.3 is 10.1 Å². The summed E-state index contributed by atoms with van der Waals surface area (Å²) in [6.07, 6.45) is 1.96. The highest BCUT2D eigenvalue weighted by molar-refractivity contribution is 6.42. The smallest absolute Gasteiger partial charge is 0.223 e. The largest absolute Gasteiger partial charge is 0.493 e. The maximum atomic E-state index is 11.7. The third-order valence-electron chi connectivity index (χ3n) is 2.90. The molecule has 2 rings (SSSR count). The Morgan fingerprint density at radius 2 is 2.19 bits per heavy atom. The monoisotopic (exact) mass is 327 g/mol. The van der Waals surface area contributed by atoms with Crippen molar-refractivity contribution in [3.63, 3.8) is 0 Å². The van der Waals surface area contributed by atoms with Gasteiger partial charge >= 0.3 is 0 Å². The second kappa shape index (κ2) is 7.33. The molecular weight excluding hydrogens is 313 g/mol. The number of hydrogen-bond acceptors (Lipinski definition) is 3. The number of halogens is 2. The van der Waals surface area contributed by atoms with E-state index in [-0.39, 0.29) is 18.9 Å². The molecule has 5 nitrogen and oxygen atoms in total. The molecule has 1 aromatic heterocycles. The fourth-order valence-electron chi connectivity index (χ4n) is 1.66. The highest BCUT2D eigenvalue weighted by Gasteiger charge is 2.05. The van der Waals surface area contributed by atoms with E-state index in [1.54, 1.807) is 24.4 Å². The first-order valence-electron chi connectivity index (χ1n) is 6.39. The van der Waals surface area contributed by atoms with Gasteiger partial charge in [-0.05, 0) is 19.1 Å². The maximum absolute atomic E-state index is 11.7. The van der Waals surface area contributed by atoms with E-state index in [0.717, 1.165) is 11.3 Å². The van der Waals surface area contributed by atoms with Crippen LogP contribution in [0.1, 0.15) is 17.7 Å². The fraction of sp³-hybridized carbons (Fsp3) is 0.286. The molecule has 0 saturated carbocycles. The molecule has 1 heterocycles. The zero-order valence-corrected chi connectivity index (χ0v) is 13.0. The third kappa shape index (κ3) is 4.65. The molecular formula is C14H15Cl2N3O2. The van der Waals surface area contributed by atoms with Crippen molar-refractivity contribution in [1.29, 1.82) is 0 Å². The minimum Gasteiger partial charge on any atom is -0.493 e. The maximum Gasteiger partial charge on any atom is 0.223 e. The van der Waals surface area contributed by atoms with Gasteiger partial charge in [-0.3, -0.25) is 9.89 Å². The second-order valence-corrected chi connectivity index (χ2v) is 5.29. The van der Waals surface area contributed by atoms with Gasteiger partial charge in [0.05, 0.1) is 29.3 Å². The molecule has 1 amide bonds. The predicted octanol–water partition coefficient (Wildman–Crippen LogP) is 3.11. The highest BCUT2D eigenvalue weighted by Crippen LogP contribution is 2.26. The van der Waals surface area contributed by atoms with E-state index >= 15 is 0 Å². The summed E-state index contributed by atoms with van der Waals surface area (Å²) in [7, 11) is 0. The summed E-state index contributed by atoms with van der Waals surface area (Å²) in [5, 5.41) is 10.4. The van der Waals surface area contributed by atoms with Gasteiger partial charge in [-0.25, -0.2) is 0 Å². The Morgan fingerprint density at radius 1 is 1.38 bits per heavy atom. The lowest BCUT2D eigenvalue weighted by Gasteiger charge is -2.08.